The molecular weight excluding hydrogens is 265 g/mol. The summed E-state index contributed by atoms with van der Waals surface area (Å²) in [6.45, 7) is 0. The predicted octanol–water partition coefficient (Wildman–Crippen LogP) is 4.24. The van der Waals surface area contributed by atoms with Crippen molar-refractivity contribution in [1.82, 2.24) is 0 Å². The van der Waals surface area contributed by atoms with E-state index in [1.54, 1.807) is 0 Å². The Bertz CT molecular complexity index is 603. The van der Waals surface area contributed by atoms with E-state index in [9.17, 15) is 18.0 Å². The van der Waals surface area contributed by atoms with E-state index >= 15 is 0 Å². The Morgan fingerprint density at radius 3 is 2.17 bits per heavy atom. The van der Waals surface area contributed by atoms with Crippen molar-refractivity contribution in [2.45, 2.75) is 0 Å². The van der Waals surface area contributed by atoms with Crippen LogP contribution in [0.25, 0.3) is 11.1 Å². The van der Waals surface area contributed by atoms with E-state index in [2.05, 4.69) is 0 Å². The summed E-state index contributed by atoms with van der Waals surface area (Å²) in [5, 5.41) is 0.267. The second-order valence-electron chi connectivity index (χ2n) is 3.59. The van der Waals surface area contributed by atoms with Gasteiger partial charge in [-0.2, -0.15) is 0 Å². The first-order valence-electron chi connectivity index (χ1n) is 4.92. The molecule has 0 unspecified atom stereocenters. The third kappa shape index (κ3) is 2.24. The molecule has 0 spiro atoms. The largest absolute Gasteiger partial charge is 0.298 e. The van der Waals surface area contributed by atoms with Crippen molar-refractivity contribution in [3.8, 4) is 11.1 Å². The van der Waals surface area contributed by atoms with E-state index < -0.39 is 23.0 Å². The molecule has 1 nitrogen and oxygen atoms in total. The van der Waals surface area contributed by atoms with Crippen molar-refractivity contribution in [3.63, 3.8) is 0 Å². The van der Waals surface area contributed by atoms with Gasteiger partial charge in [-0.15, -0.1) is 0 Å². The molecule has 2 aromatic rings. The minimum atomic E-state index is -1.07. The molecule has 0 saturated heterocycles. The van der Waals surface area contributed by atoms with Crippen molar-refractivity contribution in [1.29, 1.82) is 0 Å². The highest BCUT2D eigenvalue weighted by atomic mass is 35.5. The molecule has 0 aromatic heterocycles. The lowest BCUT2D eigenvalue weighted by molar-refractivity contribution is 0.112. The van der Waals surface area contributed by atoms with Crippen molar-refractivity contribution >= 4 is 17.9 Å². The quantitative estimate of drug-likeness (QED) is 0.746. The van der Waals surface area contributed by atoms with Gasteiger partial charge in [0, 0.05) is 22.7 Å². The predicted molar refractivity (Wildman–Crippen MR) is 62.1 cm³/mol. The number of carbonyl (C=O) groups excluding carboxylic acids is 1. The van der Waals surface area contributed by atoms with Crippen LogP contribution in [0, 0.1) is 17.5 Å². The van der Waals surface area contributed by atoms with Crippen molar-refractivity contribution in [2.24, 2.45) is 0 Å². The number of hydrogen-bond acceptors (Lipinski definition) is 1. The molecule has 92 valence electrons. The summed E-state index contributed by atoms with van der Waals surface area (Å²) in [4.78, 5) is 10.9. The molecule has 2 rings (SSSR count). The zero-order valence-electron chi connectivity index (χ0n) is 8.88. The Morgan fingerprint density at radius 1 is 1.00 bits per heavy atom. The van der Waals surface area contributed by atoms with Crippen LogP contribution >= 0.6 is 11.6 Å². The molecule has 0 saturated carbocycles. The Labute approximate surface area is 106 Å². The molecule has 0 aliphatic heterocycles. The standard InChI is InChI=1S/C13H6ClF3O/c14-8-1-2-10(7(3-8)6-18)13-11(16)4-9(15)5-12(13)17/h1-6H. The van der Waals surface area contributed by atoms with Crippen molar-refractivity contribution in [3.05, 3.63) is 58.4 Å². The molecule has 18 heavy (non-hydrogen) atoms. The highest BCUT2D eigenvalue weighted by Crippen LogP contribution is 2.30. The van der Waals surface area contributed by atoms with Crippen LogP contribution in [0.15, 0.2) is 30.3 Å². The third-order valence-electron chi connectivity index (χ3n) is 2.42. The van der Waals surface area contributed by atoms with Gasteiger partial charge in [-0.1, -0.05) is 17.7 Å². The molecule has 0 amide bonds. The maximum atomic E-state index is 13.6. The summed E-state index contributed by atoms with van der Waals surface area (Å²) < 4.78 is 40.0. The molecule has 5 heteroatoms. The van der Waals surface area contributed by atoms with Gasteiger partial charge in [-0.3, -0.25) is 4.79 Å². The Balaban J connectivity index is 2.73. The maximum Gasteiger partial charge on any atom is 0.150 e. The maximum absolute atomic E-state index is 13.6. The van der Waals surface area contributed by atoms with Crippen LogP contribution in [0.4, 0.5) is 13.2 Å². The first kappa shape index (κ1) is 12.6. The fourth-order valence-electron chi connectivity index (χ4n) is 1.66. The van der Waals surface area contributed by atoms with Crippen LogP contribution in [0.5, 0.6) is 0 Å². The van der Waals surface area contributed by atoms with Crippen LogP contribution in [0.2, 0.25) is 5.02 Å². The Hall–Kier alpha value is -1.81. The number of aldehydes is 1. The minimum absolute atomic E-state index is 0.0319. The van der Waals surface area contributed by atoms with E-state index in [-0.39, 0.29) is 16.1 Å². The van der Waals surface area contributed by atoms with Crippen molar-refractivity contribution < 1.29 is 18.0 Å². The van der Waals surface area contributed by atoms with Crippen LogP contribution in [0.1, 0.15) is 10.4 Å². The van der Waals surface area contributed by atoms with Crippen molar-refractivity contribution in [2.75, 3.05) is 0 Å². The lowest BCUT2D eigenvalue weighted by Crippen LogP contribution is -1.96. The van der Waals surface area contributed by atoms with Crippen LogP contribution < -0.4 is 0 Å². The van der Waals surface area contributed by atoms with Crippen LogP contribution in [0.3, 0.4) is 0 Å². The number of halogens is 4. The molecule has 2 aromatic carbocycles. The molecule has 0 radical (unpaired) electrons. The number of benzene rings is 2. The van der Waals surface area contributed by atoms with Gasteiger partial charge >= 0.3 is 0 Å². The van der Waals surface area contributed by atoms with Gasteiger partial charge in [0.05, 0.1) is 5.56 Å². The summed E-state index contributed by atoms with van der Waals surface area (Å²) in [5.74, 6) is -3.16. The first-order chi connectivity index (χ1) is 8.52. The summed E-state index contributed by atoms with van der Waals surface area (Å²) in [6, 6.07) is 5.10. The summed E-state index contributed by atoms with van der Waals surface area (Å²) in [6.07, 6.45) is 0.434. The lowest BCUT2D eigenvalue weighted by Gasteiger charge is -2.08. The Kier molecular flexibility index (Phi) is 3.39. The van der Waals surface area contributed by atoms with E-state index in [0.29, 0.717) is 18.4 Å². The summed E-state index contributed by atoms with van der Waals surface area (Å²) in [7, 11) is 0. The SMILES string of the molecule is O=Cc1cc(Cl)ccc1-c1c(F)cc(F)cc1F. The highest BCUT2D eigenvalue weighted by Gasteiger charge is 2.16. The number of carbonyl (C=O) groups is 1. The van der Waals surface area contributed by atoms with Gasteiger partial charge in [-0.25, -0.2) is 13.2 Å². The molecule has 0 atom stereocenters. The molecule has 0 bridgehead atoms. The van der Waals surface area contributed by atoms with Gasteiger partial charge in [0.15, 0.2) is 6.29 Å². The van der Waals surface area contributed by atoms with Gasteiger partial charge in [0.2, 0.25) is 0 Å². The Morgan fingerprint density at radius 2 is 1.61 bits per heavy atom. The van der Waals surface area contributed by atoms with Gasteiger partial charge < -0.3 is 0 Å². The third-order valence-corrected chi connectivity index (χ3v) is 2.65. The molecule has 0 fully saturated rings. The lowest BCUT2D eigenvalue weighted by atomic mass is 9.99. The van der Waals surface area contributed by atoms with E-state index in [0.717, 1.165) is 0 Å². The van der Waals surface area contributed by atoms with Crippen LogP contribution in [-0.2, 0) is 0 Å². The smallest absolute Gasteiger partial charge is 0.150 e. The second-order valence-corrected chi connectivity index (χ2v) is 4.03. The molecule has 0 N–H and O–H groups in total. The van der Waals surface area contributed by atoms with Gasteiger partial charge in [0.25, 0.3) is 0 Å². The van der Waals surface area contributed by atoms with Gasteiger partial charge in [0.1, 0.15) is 17.5 Å². The van der Waals surface area contributed by atoms with E-state index in [4.69, 9.17) is 11.6 Å². The molecular formula is C13H6ClF3O. The zero-order valence-corrected chi connectivity index (χ0v) is 9.64. The average Bonchev–Trinajstić information content (AvgIpc) is 2.29. The first-order valence-corrected chi connectivity index (χ1v) is 5.30. The molecule has 0 aliphatic rings. The van der Waals surface area contributed by atoms with E-state index in [1.165, 1.54) is 18.2 Å². The molecule has 0 heterocycles. The normalized spacial score (nSPS) is 10.4. The zero-order chi connectivity index (χ0) is 13.3. The second kappa shape index (κ2) is 4.82. The number of rotatable bonds is 2. The number of hydrogen-bond donors (Lipinski definition) is 0. The summed E-state index contributed by atoms with van der Waals surface area (Å²) >= 11 is 5.68. The average molecular weight is 271 g/mol. The van der Waals surface area contributed by atoms with Crippen LogP contribution in [-0.4, -0.2) is 6.29 Å². The topological polar surface area (TPSA) is 17.1 Å². The van der Waals surface area contributed by atoms with Gasteiger partial charge in [-0.05, 0) is 17.7 Å². The fourth-order valence-corrected chi connectivity index (χ4v) is 1.84. The highest BCUT2D eigenvalue weighted by molar-refractivity contribution is 6.31. The molecule has 0 aliphatic carbocycles. The minimum Gasteiger partial charge on any atom is -0.298 e. The van der Waals surface area contributed by atoms with E-state index in [1.807, 2.05) is 0 Å². The summed E-state index contributed by atoms with van der Waals surface area (Å²) in [5.41, 5.74) is -0.383. The monoisotopic (exact) mass is 270 g/mol. The fraction of sp³-hybridized carbons (Fsp3) is 0.